The van der Waals surface area contributed by atoms with Crippen LogP contribution in [-0.4, -0.2) is 10.5 Å². The summed E-state index contributed by atoms with van der Waals surface area (Å²) in [5.41, 5.74) is 1.45. The van der Waals surface area contributed by atoms with Crippen LogP contribution in [-0.2, 0) is 6.54 Å². The first kappa shape index (κ1) is 15.6. The molecule has 0 saturated heterocycles. The summed E-state index contributed by atoms with van der Waals surface area (Å²) in [6, 6.07) is 0. The van der Waals surface area contributed by atoms with E-state index in [1.54, 1.807) is 0 Å². The average Bonchev–Trinajstić information content (AvgIpc) is 2.68. The molecule has 0 aromatic carbocycles. The van der Waals surface area contributed by atoms with Gasteiger partial charge < -0.3 is 5.32 Å². The molecule has 18 heavy (non-hydrogen) atoms. The Bertz CT molecular complexity index is 374. The Morgan fingerprint density at radius 1 is 1.22 bits per heavy atom. The second-order valence-electron chi connectivity index (χ2n) is 6.43. The molecule has 1 heterocycles. The van der Waals surface area contributed by atoms with Crippen LogP contribution < -0.4 is 5.32 Å². The highest BCUT2D eigenvalue weighted by Crippen LogP contribution is 2.31. The molecule has 2 nitrogen and oxygen atoms in total. The number of hydrogen-bond donors (Lipinski definition) is 1. The van der Waals surface area contributed by atoms with Gasteiger partial charge in [-0.2, -0.15) is 0 Å². The fourth-order valence-electron chi connectivity index (χ4n) is 1.69. The summed E-state index contributed by atoms with van der Waals surface area (Å²) in [7, 11) is 0. The molecule has 0 fully saturated rings. The molecule has 1 unspecified atom stereocenters. The molecular formula is C15H28N2S. The molecule has 0 radical (unpaired) electrons. The maximum Gasteiger partial charge on any atom is 0.0959 e. The van der Waals surface area contributed by atoms with Crippen LogP contribution in [0.5, 0.6) is 0 Å². The predicted octanol–water partition coefficient (Wildman–Crippen LogP) is 4.67. The van der Waals surface area contributed by atoms with Crippen molar-refractivity contribution < 1.29 is 0 Å². The Kier molecular flexibility index (Phi) is 5.35. The van der Waals surface area contributed by atoms with Gasteiger partial charge in [0.1, 0.15) is 0 Å². The van der Waals surface area contributed by atoms with Crippen molar-refractivity contribution in [2.24, 2.45) is 0 Å². The van der Waals surface area contributed by atoms with Gasteiger partial charge >= 0.3 is 0 Å². The first-order chi connectivity index (χ1) is 8.24. The first-order valence-electron chi connectivity index (χ1n) is 6.99. The zero-order valence-corrected chi connectivity index (χ0v) is 13.7. The zero-order valence-electron chi connectivity index (χ0n) is 12.9. The summed E-state index contributed by atoms with van der Waals surface area (Å²) in [5, 5.41) is 4.87. The summed E-state index contributed by atoms with van der Waals surface area (Å²) >= 11 is 1.89. The minimum atomic E-state index is 0.161. The highest BCUT2D eigenvalue weighted by atomic mass is 32.1. The van der Waals surface area contributed by atoms with Crippen LogP contribution in [0.2, 0.25) is 0 Å². The van der Waals surface area contributed by atoms with Crippen molar-refractivity contribution in [2.75, 3.05) is 0 Å². The van der Waals surface area contributed by atoms with E-state index in [9.17, 15) is 0 Å². The van der Waals surface area contributed by atoms with Gasteiger partial charge in [0.15, 0.2) is 0 Å². The lowest BCUT2D eigenvalue weighted by Gasteiger charge is -2.20. The van der Waals surface area contributed by atoms with E-state index in [4.69, 9.17) is 4.98 Å². The SMILES string of the molecule is CCC(C)c1nc(C(C)C)c(CNC(C)(C)C)s1. The van der Waals surface area contributed by atoms with Crippen molar-refractivity contribution in [2.45, 2.75) is 78.8 Å². The molecule has 1 aromatic rings. The Morgan fingerprint density at radius 2 is 1.83 bits per heavy atom. The number of nitrogens with one attached hydrogen (secondary N) is 1. The molecule has 0 amide bonds. The molecule has 0 aliphatic heterocycles. The third-order valence-corrected chi connectivity index (χ3v) is 4.41. The van der Waals surface area contributed by atoms with Gasteiger partial charge in [0.2, 0.25) is 0 Å². The topological polar surface area (TPSA) is 24.9 Å². The monoisotopic (exact) mass is 268 g/mol. The van der Waals surface area contributed by atoms with E-state index >= 15 is 0 Å². The number of nitrogens with zero attached hydrogens (tertiary/aromatic N) is 1. The van der Waals surface area contributed by atoms with Crippen molar-refractivity contribution in [3.05, 3.63) is 15.6 Å². The van der Waals surface area contributed by atoms with Crippen LogP contribution in [0.1, 0.15) is 82.3 Å². The fourth-order valence-corrected chi connectivity index (χ4v) is 2.99. The molecule has 1 aromatic heterocycles. The number of thiazole rings is 1. The van der Waals surface area contributed by atoms with E-state index in [2.05, 4.69) is 53.8 Å². The fraction of sp³-hybridized carbons (Fsp3) is 0.800. The number of aromatic nitrogens is 1. The van der Waals surface area contributed by atoms with Crippen molar-refractivity contribution in [3.8, 4) is 0 Å². The van der Waals surface area contributed by atoms with Gasteiger partial charge in [0, 0.05) is 22.9 Å². The normalized spacial score (nSPS) is 14.2. The molecule has 0 aliphatic carbocycles. The van der Waals surface area contributed by atoms with Crippen molar-refractivity contribution in [1.82, 2.24) is 10.3 Å². The minimum absolute atomic E-state index is 0.161. The van der Waals surface area contributed by atoms with E-state index in [1.165, 1.54) is 15.6 Å². The van der Waals surface area contributed by atoms with Crippen molar-refractivity contribution in [1.29, 1.82) is 0 Å². The molecule has 1 rings (SSSR count). The molecule has 0 aliphatic rings. The van der Waals surface area contributed by atoms with Gasteiger partial charge in [0.05, 0.1) is 10.7 Å². The van der Waals surface area contributed by atoms with Crippen LogP contribution in [0, 0.1) is 0 Å². The van der Waals surface area contributed by atoms with Gasteiger partial charge in [-0.05, 0) is 33.1 Å². The van der Waals surface area contributed by atoms with Crippen LogP contribution in [0.15, 0.2) is 0 Å². The number of hydrogen-bond acceptors (Lipinski definition) is 3. The smallest absolute Gasteiger partial charge is 0.0959 e. The largest absolute Gasteiger partial charge is 0.307 e. The average molecular weight is 268 g/mol. The molecule has 0 bridgehead atoms. The summed E-state index contributed by atoms with van der Waals surface area (Å²) < 4.78 is 0. The van der Waals surface area contributed by atoms with Crippen LogP contribution in [0.4, 0.5) is 0 Å². The van der Waals surface area contributed by atoms with Crippen LogP contribution >= 0.6 is 11.3 Å². The lowest BCUT2D eigenvalue weighted by atomic mass is 10.1. The van der Waals surface area contributed by atoms with Gasteiger partial charge in [-0.3, -0.25) is 0 Å². The van der Waals surface area contributed by atoms with Crippen LogP contribution in [0.25, 0.3) is 0 Å². The summed E-state index contributed by atoms with van der Waals surface area (Å²) in [5.74, 6) is 1.09. The van der Waals surface area contributed by atoms with E-state index < -0.39 is 0 Å². The molecular weight excluding hydrogens is 240 g/mol. The Balaban J connectivity index is 2.91. The van der Waals surface area contributed by atoms with Crippen molar-refractivity contribution >= 4 is 11.3 Å². The molecule has 1 atom stereocenters. The van der Waals surface area contributed by atoms with E-state index in [0.717, 1.165) is 13.0 Å². The Labute approximate surface area is 116 Å². The summed E-state index contributed by atoms with van der Waals surface area (Å²) in [4.78, 5) is 6.27. The van der Waals surface area contributed by atoms with E-state index in [-0.39, 0.29) is 5.54 Å². The maximum atomic E-state index is 4.86. The third kappa shape index (κ3) is 4.36. The molecule has 0 saturated carbocycles. The Morgan fingerprint density at radius 3 is 2.28 bits per heavy atom. The quantitative estimate of drug-likeness (QED) is 0.839. The summed E-state index contributed by atoms with van der Waals surface area (Å²) in [6.07, 6.45) is 1.16. The Hall–Kier alpha value is -0.410. The highest BCUT2D eigenvalue weighted by Gasteiger charge is 2.18. The first-order valence-corrected chi connectivity index (χ1v) is 7.80. The number of rotatable bonds is 5. The molecule has 3 heteroatoms. The van der Waals surface area contributed by atoms with Gasteiger partial charge in [-0.15, -0.1) is 11.3 Å². The third-order valence-electron chi connectivity index (χ3n) is 3.10. The minimum Gasteiger partial charge on any atom is -0.307 e. The molecule has 104 valence electrons. The lowest BCUT2D eigenvalue weighted by molar-refractivity contribution is 0.425. The molecule has 0 spiro atoms. The second kappa shape index (κ2) is 6.16. The lowest BCUT2D eigenvalue weighted by Crippen LogP contribution is -2.35. The second-order valence-corrected chi connectivity index (χ2v) is 7.54. The van der Waals surface area contributed by atoms with Gasteiger partial charge in [-0.25, -0.2) is 4.98 Å². The maximum absolute atomic E-state index is 4.86. The van der Waals surface area contributed by atoms with Gasteiger partial charge in [-0.1, -0.05) is 27.7 Å². The standard InChI is InChI=1S/C15H28N2S/c1-8-11(4)14-17-13(10(2)3)12(18-14)9-16-15(5,6)7/h10-11,16H,8-9H2,1-7H3. The predicted molar refractivity (Wildman–Crippen MR) is 81.5 cm³/mol. The van der Waals surface area contributed by atoms with Crippen molar-refractivity contribution in [3.63, 3.8) is 0 Å². The molecule has 1 N–H and O–H groups in total. The van der Waals surface area contributed by atoms with E-state index in [0.29, 0.717) is 11.8 Å². The van der Waals surface area contributed by atoms with Gasteiger partial charge in [0.25, 0.3) is 0 Å². The van der Waals surface area contributed by atoms with E-state index in [1.807, 2.05) is 11.3 Å². The highest BCUT2D eigenvalue weighted by molar-refractivity contribution is 7.11. The summed E-state index contributed by atoms with van der Waals surface area (Å²) in [6.45, 7) is 16.5. The zero-order chi connectivity index (χ0) is 13.9. The van der Waals surface area contributed by atoms with Crippen LogP contribution in [0.3, 0.4) is 0 Å².